The number of halogens is 1. The number of aromatic nitrogens is 2. The van der Waals surface area contributed by atoms with Gasteiger partial charge in [0.05, 0.1) is 11.8 Å². The summed E-state index contributed by atoms with van der Waals surface area (Å²) in [5, 5.41) is 14.7. The Morgan fingerprint density at radius 3 is 2.89 bits per heavy atom. The molecule has 0 atom stereocenters. The highest BCUT2D eigenvalue weighted by molar-refractivity contribution is 5.96. The van der Waals surface area contributed by atoms with Crippen LogP contribution in [0.5, 0.6) is 11.6 Å². The number of rotatable bonds is 3. The smallest absolute Gasteiger partial charge is 0.250 e. The fourth-order valence-electron chi connectivity index (χ4n) is 1.40. The Labute approximate surface area is 103 Å². The predicted molar refractivity (Wildman–Crippen MR) is 64.3 cm³/mol. The molecule has 1 aromatic carbocycles. The van der Waals surface area contributed by atoms with Crippen LogP contribution in [0.25, 0.3) is 0 Å². The maximum absolute atomic E-state index is 13.8. The number of nitrogens with one attached hydrogen (secondary N) is 1. The van der Waals surface area contributed by atoms with Crippen LogP contribution in [0, 0.1) is 18.2 Å². The Kier molecular flexibility index (Phi) is 3.18. The summed E-state index contributed by atoms with van der Waals surface area (Å²) in [6.45, 7) is 1.63. The average molecular weight is 246 g/mol. The van der Waals surface area contributed by atoms with E-state index in [1.807, 2.05) is 0 Å². The largest absolute Gasteiger partial charge is 0.434 e. The average Bonchev–Trinajstić information content (AvgIpc) is 2.35. The van der Waals surface area contributed by atoms with Gasteiger partial charge >= 0.3 is 0 Å². The summed E-state index contributed by atoms with van der Waals surface area (Å²) >= 11 is 0. The molecule has 0 saturated heterocycles. The van der Waals surface area contributed by atoms with E-state index in [0.717, 1.165) is 0 Å². The van der Waals surface area contributed by atoms with E-state index in [-0.39, 0.29) is 23.0 Å². The van der Waals surface area contributed by atoms with Gasteiger partial charge in [-0.2, -0.15) is 5.10 Å². The third kappa shape index (κ3) is 2.27. The highest BCUT2D eigenvalue weighted by atomic mass is 19.1. The Bertz CT molecular complexity index is 600. The van der Waals surface area contributed by atoms with Crippen LogP contribution in [0.15, 0.2) is 30.5 Å². The lowest BCUT2D eigenvalue weighted by Crippen LogP contribution is -2.13. The fourth-order valence-corrected chi connectivity index (χ4v) is 1.40. The number of amidine groups is 1. The molecule has 2 rings (SSSR count). The van der Waals surface area contributed by atoms with Gasteiger partial charge in [0.1, 0.15) is 5.84 Å². The van der Waals surface area contributed by atoms with Crippen molar-refractivity contribution in [3.8, 4) is 11.6 Å². The second-order valence-corrected chi connectivity index (χ2v) is 3.65. The number of aryl methyl sites for hydroxylation is 1. The lowest BCUT2D eigenvalue weighted by atomic mass is 10.2. The Morgan fingerprint density at radius 2 is 2.17 bits per heavy atom. The summed E-state index contributed by atoms with van der Waals surface area (Å²) in [6, 6.07) is 6.25. The first-order valence-corrected chi connectivity index (χ1v) is 5.18. The van der Waals surface area contributed by atoms with Gasteiger partial charge in [-0.3, -0.25) is 5.41 Å². The number of ether oxygens (including phenoxy) is 1. The molecule has 0 aliphatic carbocycles. The highest BCUT2D eigenvalue weighted by Gasteiger charge is 2.13. The SMILES string of the molecule is Cc1cccc(Oc2nnccc2C(=N)N)c1F. The zero-order valence-electron chi connectivity index (χ0n) is 9.64. The number of nitrogens with two attached hydrogens (primary N) is 1. The van der Waals surface area contributed by atoms with E-state index in [0.29, 0.717) is 5.56 Å². The van der Waals surface area contributed by atoms with Crippen LogP contribution in [-0.4, -0.2) is 16.0 Å². The van der Waals surface area contributed by atoms with E-state index in [9.17, 15) is 4.39 Å². The number of benzene rings is 1. The number of hydrogen-bond acceptors (Lipinski definition) is 4. The molecule has 3 N–H and O–H groups in total. The third-order valence-corrected chi connectivity index (χ3v) is 2.34. The maximum Gasteiger partial charge on any atom is 0.250 e. The molecule has 0 unspecified atom stereocenters. The summed E-state index contributed by atoms with van der Waals surface area (Å²) < 4.78 is 19.1. The first kappa shape index (κ1) is 12.0. The predicted octanol–water partition coefficient (Wildman–Crippen LogP) is 2.00. The number of hydrogen-bond donors (Lipinski definition) is 2. The monoisotopic (exact) mass is 246 g/mol. The number of nitrogens with zero attached hydrogens (tertiary/aromatic N) is 2. The van der Waals surface area contributed by atoms with Crippen molar-refractivity contribution in [2.45, 2.75) is 6.92 Å². The van der Waals surface area contributed by atoms with Crippen molar-refractivity contribution in [3.05, 3.63) is 47.4 Å². The molecule has 0 saturated carbocycles. The van der Waals surface area contributed by atoms with Gasteiger partial charge in [0.2, 0.25) is 5.88 Å². The van der Waals surface area contributed by atoms with Crippen LogP contribution >= 0.6 is 0 Å². The van der Waals surface area contributed by atoms with Crippen LogP contribution in [0.2, 0.25) is 0 Å². The summed E-state index contributed by atoms with van der Waals surface area (Å²) in [6.07, 6.45) is 1.39. The molecule has 6 heteroatoms. The van der Waals surface area contributed by atoms with Crippen LogP contribution < -0.4 is 10.5 Å². The van der Waals surface area contributed by atoms with E-state index >= 15 is 0 Å². The molecule has 0 fully saturated rings. The number of nitrogen functional groups attached to an aromatic ring is 1. The molecular weight excluding hydrogens is 235 g/mol. The standard InChI is InChI=1S/C12H11FN4O/c1-7-3-2-4-9(10(7)13)18-12-8(11(14)15)5-6-16-17-12/h2-6H,1H3,(H3,14,15). The molecule has 2 aromatic rings. The summed E-state index contributed by atoms with van der Waals surface area (Å²) in [7, 11) is 0. The Balaban J connectivity index is 2.40. The van der Waals surface area contributed by atoms with Crippen molar-refractivity contribution in [1.29, 1.82) is 5.41 Å². The van der Waals surface area contributed by atoms with Gasteiger partial charge in [0.15, 0.2) is 11.6 Å². The molecule has 0 radical (unpaired) electrons. The van der Waals surface area contributed by atoms with Gasteiger partial charge in [0, 0.05) is 0 Å². The molecule has 1 aromatic heterocycles. The first-order chi connectivity index (χ1) is 8.59. The minimum Gasteiger partial charge on any atom is -0.434 e. The van der Waals surface area contributed by atoms with Gasteiger partial charge in [-0.25, -0.2) is 4.39 Å². The van der Waals surface area contributed by atoms with Crippen molar-refractivity contribution < 1.29 is 9.13 Å². The van der Waals surface area contributed by atoms with Crippen molar-refractivity contribution in [2.24, 2.45) is 5.73 Å². The van der Waals surface area contributed by atoms with Crippen LogP contribution in [0.4, 0.5) is 4.39 Å². The summed E-state index contributed by atoms with van der Waals surface area (Å²) in [5.74, 6) is -0.655. The van der Waals surface area contributed by atoms with E-state index in [4.69, 9.17) is 15.9 Å². The van der Waals surface area contributed by atoms with Crippen molar-refractivity contribution in [3.63, 3.8) is 0 Å². The Morgan fingerprint density at radius 1 is 1.39 bits per heavy atom. The molecule has 0 amide bonds. The Hall–Kier alpha value is -2.50. The normalized spacial score (nSPS) is 10.1. The molecule has 92 valence electrons. The maximum atomic E-state index is 13.8. The second kappa shape index (κ2) is 4.79. The molecule has 1 heterocycles. The van der Waals surface area contributed by atoms with Gasteiger partial charge in [-0.05, 0) is 24.6 Å². The lowest BCUT2D eigenvalue weighted by Gasteiger charge is -2.09. The fraction of sp³-hybridized carbons (Fsp3) is 0.0833. The quantitative estimate of drug-likeness (QED) is 0.640. The van der Waals surface area contributed by atoms with Crippen molar-refractivity contribution in [2.75, 3.05) is 0 Å². The minimum absolute atomic E-state index is 0.00880. The van der Waals surface area contributed by atoms with Gasteiger partial charge in [-0.15, -0.1) is 5.10 Å². The molecule has 0 bridgehead atoms. The zero-order valence-corrected chi connectivity index (χ0v) is 9.64. The second-order valence-electron chi connectivity index (χ2n) is 3.65. The van der Waals surface area contributed by atoms with Crippen molar-refractivity contribution in [1.82, 2.24) is 10.2 Å². The molecule has 0 aliphatic rings. The first-order valence-electron chi connectivity index (χ1n) is 5.18. The lowest BCUT2D eigenvalue weighted by molar-refractivity contribution is 0.419. The molecule has 5 nitrogen and oxygen atoms in total. The van der Waals surface area contributed by atoms with Gasteiger partial charge in [-0.1, -0.05) is 12.1 Å². The van der Waals surface area contributed by atoms with Crippen LogP contribution in [0.1, 0.15) is 11.1 Å². The van der Waals surface area contributed by atoms with Crippen molar-refractivity contribution >= 4 is 5.84 Å². The molecule has 0 aliphatic heterocycles. The van der Waals surface area contributed by atoms with E-state index < -0.39 is 5.82 Å². The van der Waals surface area contributed by atoms with E-state index in [2.05, 4.69) is 10.2 Å². The summed E-state index contributed by atoms with van der Waals surface area (Å²) in [4.78, 5) is 0. The molecular formula is C12H11FN4O. The minimum atomic E-state index is -0.474. The third-order valence-electron chi connectivity index (χ3n) is 2.34. The van der Waals surface area contributed by atoms with E-state index in [1.165, 1.54) is 18.3 Å². The van der Waals surface area contributed by atoms with Crippen LogP contribution in [0.3, 0.4) is 0 Å². The molecule has 18 heavy (non-hydrogen) atoms. The highest BCUT2D eigenvalue weighted by Crippen LogP contribution is 2.26. The zero-order chi connectivity index (χ0) is 13.1. The molecule has 0 spiro atoms. The summed E-state index contributed by atoms with van der Waals surface area (Å²) in [5.41, 5.74) is 6.11. The van der Waals surface area contributed by atoms with Gasteiger partial charge < -0.3 is 10.5 Å². The topological polar surface area (TPSA) is 84.9 Å². The van der Waals surface area contributed by atoms with Gasteiger partial charge in [0.25, 0.3) is 0 Å². The van der Waals surface area contributed by atoms with E-state index in [1.54, 1.807) is 19.1 Å². The van der Waals surface area contributed by atoms with Crippen LogP contribution in [-0.2, 0) is 0 Å².